The Labute approximate surface area is 140 Å². The number of carbonyl (C=O) groups is 1. The summed E-state index contributed by atoms with van der Waals surface area (Å²) in [6.45, 7) is 5.85. The van der Waals surface area contributed by atoms with E-state index in [1.807, 2.05) is 45.2 Å². The zero-order chi connectivity index (χ0) is 17.4. The number of rotatable bonds is 4. The fraction of sp³-hybridized carbons (Fsp3) is 0.263. The lowest BCUT2D eigenvalue weighted by atomic mass is 9.95. The van der Waals surface area contributed by atoms with E-state index >= 15 is 0 Å². The summed E-state index contributed by atoms with van der Waals surface area (Å²) in [6, 6.07) is 5.78. The summed E-state index contributed by atoms with van der Waals surface area (Å²) in [5, 5.41) is 0.701. The van der Waals surface area contributed by atoms with Crippen molar-refractivity contribution in [2.24, 2.45) is 5.73 Å². The molecule has 1 amide bonds. The highest BCUT2D eigenvalue weighted by Gasteiger charge is 2.24. The minimum absolute atomic E-state index is 0.426. The number of aryl methyl sites for hydroxylation is 3. The maximum absolute atomic E-state index is 12.1. The first-order chi connectivity index (χ1) is 11.5. The first kappa shape index (κ1) is 16.1. The van der Waals surface area contributed by atoms with Crippen LogP contribution in [0.4, 0.5) is 0 Å². The number of nitrogens with two attached hydrogens (primary N) is 1. The summed E-state index contributed by atoms with van der Waals surface area (Å²) in [4.78, 5) is 16.4. The lowest BCUT2D eigenvalue weighted by molar-refractivity contribution is 0.1000. The van der Waals surface area contributed by atoms with Crippen LogP contribution in [0.15, 0.2) is 28.8 Å². The third-order valence-corrected chi connectivity index (χ3v) is 4.19. The molecule has 2 aromatic heterocycles. The minimum Gasteiger partial charge on any atom is -0.493 e. The van der Waals surface area contributed by atoms with Gasteiger partial charge in [0.15, 0.2) is 11.3 Å². The van der Waals surface area contributed by atoms with Crippen LogP contribution >= 0.6 is 0 Å². The highest BCUT2D eigenvalue weighted by atomic mass is 16.5. The van der Waals surface area contributed by atoms with Crippen LogP contribution < -0.4 is 10.5 Å². The lowest BCUT2D eigenvalue weighted by Gasteiger charge is -2.10. The van der Waals surface area contributed by atoms with Gasteiger partial charge in [-0.15, -0.1) is 0 Å². The van der Waals surface area contributed by atoms with Gasteiger partial charge < -0.3 is 14.9 Å². The SMILES string of the molecule is CCc1oc2c(OC)ccc(-c3cc(C)ncc3C)c2c1C(N)=O. The molecule has 0 aliphatic carbocycles. The number of primary amides is 1. The van der Waals surface area contributed by atoms with Crippen molar-refractivity contribution >= 4 is 16.9 Å². The molecule has 3 aromatic rings. The molecule has 2 N–H and O–H groups in total. The number of ether oxygens (including phenoxy) is 1. The second-order valence-corrected chi connectivity index (χ2v) is 5.78. The summed E-state index contributed by atoms with van der Waals surface area (Å²) in [7, 11) is 1.58. The van der Waals surface area contributed by atoms with Crippen molar-refractivity contribution in [3.63, 3.8) is 0 Å². The second-order valence-electron chi connectivity index (χ2n) is 5.78. The zero-order valence-corrected chi connectivity index (χ0v) is 14.3. The Hall–Kier alpha value is -2.82. The van der Waals surface area contributed by atoms with Crippen molar-refractivity contribution in [2.75, 3.05) is 7.11 Å². The van der Waals surface area contributed by atoms with Gasteiger partial charge in [-0.25, -0.2) is 0 Å². The van der Waals surface area contributed by atoms with Crippen LogP contribution in [0.1, 0.15) is 34.3 Å². The maximum Gasteiger partial charge on any atom is 0.252 e. The Morgan fingerprint density at radius 1 is 1.29 bits per heavy atom. The molecule has 0 fully saturated rings. The number of amides is 1. The molecule has 0 saturated heterocycles. The van der Waals surface area contributed by atoms with Gasteiger partial charge >= 0.3 is 0 Å². The number of aromatic nitrogens is 1. The van der Waals surface area contributed by atoms with E-state index in [2.05, 4.69) is 4.98 Å². The summed E-state index contributed by atoms with van der Waals surface area (Å²) >= 11 is 0. The van der Waals surface area contributed by atoms with Gasteiger partial charge in [0.25, 0.3) is 5.91 Å². The van der Waals surface area contributed by atoms with Gasteiger partial charge in [0, 0.05) is 23.7 Å². The van der Waals surface area contributed by atoms with Gasteiger partial charge in [0.05, 0.1) is 12.7 Å². The lowest BCUT2D eigenvalue weighted by Crippen LogP contribution is -2.12. The fourth-order valence-corrected chi connectivity index (χ4v) is 3.04. The molecule has 0 atom stereocenters. The standard InChI is InChI=1S/C19H20N2O3/c1-5-14-17(19(20)22)16-12(6-7-15(23-4)18(16)24-14)13-8-11(3)21-9-10(13)2/h6-9H,5H2,1-4H3,(H2,20,22). The molecule has 0 aliphatic rings. The number of carbonyl (C=O) groups excluding carboxylic acids is 1. The highest BCUT2D eigenvalue weighted by molar-refractivity contribution is 6.13. The Balaban J connectivity index is 2.47. The smallest absolute Gasteiger partial charge is 0.252 e. The van der Waals surface area contributed by atoms with E-state index < -0.39 is 5.91 Å². The Morgan fingerprint density at radius 3 is 2.67 bits per heavy atom. The normalized spacial score (nSPS) is 11.0. The molecule has 5 heteroatoms. The average molecular weight is 324 g/mol. The van der Waals surface area contributed by atoms with Gasteiger partial charge in [-0.2, -0.15) is 0 Å². The zero-order valence-electron chi connectivity index (χ0n) is 14.3. The average Bonchev–Trinajstić information content (AvgIpc) is 2.96. The van der Waals surface area contributed by atoms with Crippen LogP contribution in [0.3, 0.4) is 0 Å². The van der Waals surface area contributed by atoms with E-state index in [1.54, 1.807) is 7.11 Å². The van der Waals surface area contributed by atoms with Crippen LogP contribution in [0.5, 0.6) is 5.75 Å². The molecular formula is C19H20N2O3. The summed E-state index contributed by atoms with van der Waals surface area (Å²) in [5.41, 5.74) is 10.4. The number of benzene rings is 1. The number of hydrogen-bond donors (Lipinski definition) is 1. The number of pyridine rings is 1. The van der Waals surface area contributed by atoms with E-state index in [0.717, 1.165) is 22.4 Å². The number of hydrogen-bond acceptors (Lipinski definition) is 4. The molecule has 0 unspecified atom stereocenters. The van der Waals surface area contributed by atoms with Crippen LogP contribution in [-0.2, 0) is 6.42 Å². The molecule has 124 valence electrons. The van der Waals surface area contributed by atoms with E-state index in [-0.39, 0.29) is 0 Å². The van der Waals surface area contributed by atoms with Gasteiger partial charge in [-0.3, -0.25) is 9.78 Å². The van der Waals surface area contributed by atoms with E-state index in [1.165, 1.54) is 0 Å². The van der Waals surface area contributed by atoms with Crippen LogP contribution in [0, 0.1) is 13.8 Å². The van der Waals surface area contributed by atoms with E-state index in [9.17, 15) is 4.79 Å². The second kappa shape index (κ2) is 6.00. The van der Waals surface area contributed by atoms with E-state index in [0.29, 0.717) is 34.5 Å². The Kier molecular flexibility index (Phi) is 4.01. The summed E-state index contributed by atoms with van der Waals surface area (Å²) in [6.07, 6.45) is 2.40. The third kappa shape index (κ3) is 2.42. The molecule has 5 nitrogen and oxygen atoms in total. The van der Waals surface area contributed by atoms with Crippen LogP contribution in [0.2, 0.25) is 0 Å². The van der Waals surface area contributed by atoms with Gasteiger partial charge in [0.2, 0.25) is 0 Å². The van der Waals surface area contributed by atoms with Crippen molar-refractivity contribution in [3.8, 4) is 16.9 Å². The van der Waals surface area contributed by atoms with Gasteiger partial charge in [-0.05, 0) is 48.7 Å². The predicted molar refractivity (Wildman–Crippen MR) is 93.4 cm³/mol. The Morgan fingerprint density at radius 2 is 2.04 bits per heavy atom. The molecule has 24 heavy (non-hydrogen) atoms. The molecule has 1 aromatic carbocycles. The predicted octanol–water partition coefficient (Wildman–Crippen LogP) is 3.78. The largest absolute Gasteiger partial charge is 0.493 e. The van der Waals surface area contributed by atoms with Gasteiger partial charge in [-0.1, -0.05) is 6.92 Å². The number of fused-ring (bicyclic) bond motifs is 1. The van der Waals surface area contributed by atoms with E-state index in [4.69, 9.17) is 14.9 Å². The summed E-state index contributed by atoms with van der Waals surface area (Å²) in [5.74, 6) is 0.662. The van der Waals surface area contributed by atoms with Gasteiger partial charge in [0.1, 0.15) is 5.76 Å². The summed E-state index contributed by atoms with van der Waals surface area (Å²) < 4.78 is 11.3. The third-order valence-electron chi connectivity index (χ3n) is 4.19. The van der Waals surface area contributed by atoms with Crippen LogP contribution in [-0.4, -0.2) is 18.0 Å². The monoisotopic (exact) mass is 324 g/mol. The first-order valence-corrected chi connectivity index (χ1v) is 7.83. The van der Waals surface area contributed by atoms with Crippen molar-refractivity contribution in [2.45, 2.75) is 27.2 Å². The number of nitrogens with zero attached hydrogens (tertiary/aromatic N) is 1. The molecule has 3 rings (SSSR count). The van der Waals surface area contributed by atoms with Crippen LogP contribution in [0.25, 0.3) is 22.1 Å². The van der Waals surface area contributed by atoms with Crippen molar-refractivity contribution in [1.82, 2.24) is 4.98 Å². The maximum atomic E-state index is 12.1. The molecular weight excluding hydrogens is 304 g/mol. The quantitative estimate of drug-likeness (QED) is 0.792. The first-order valence-electron chi connectivity index (χ1n) is 7.83. The minimum atomic E-state index is -0.497. The number of furan rings is 1. The van der Waals surface area contributed by atoms with Crippen molar-refractivity contribution < 1.29 is 13.9 Å². The van der Waals surface area contributed by atoms with Crippen molar-refractivity contribution in [1.29, 1.82) is 0 Å². The van der Waals surface area contributed by atoms with Crippen molar-refractivity contribution in [3.05, 3.63) is 47.0 Å². The molecule has 0 radical (unpaired) electrons. The fourth-order valence-electron chi connectivity index (χ4n) is 3.04. The number of methoxy groups -OCH3 is 1. The topological polar surface area (TPSA) is 78.3 Å². The molecule has 2 heterocycles. The Bertz CT molecular complexity index is 941. The highest BCUT2D eigenvalue weighted by Crippen LogP contribution is 2.40. The molecule has 0 bridgehead atoms. The molecule has 0 aliphatic heterocycles. The molecule has 0 spiro atoms. The molecule has 0 saturated carbocycles.